The summed E-state index contributed by atoms with van der Waals surface area (Å²) in [5.74, 6) is 0. The van der Waals surface area contributed by atoms with Crippen molar-refractivity contribution in [3.05, 3.63) is 28.3 Å². The van der Waals surface area contributed by atoms with E-state index in [1.165, 1.54) is 6.07 Å². The zero-order valence-corrected chi connectivity index (χ0v) is 10.7. The van der Waals surface area contributed by atoms with E-state index in [1.807, 2.05) is 0 Å². The highest BCUT2D eigenvalue weighted by Crippen LogP contribution is 2.24. The summed E-state index contributed by atoms with van der Waals surface area (Å²) >= 11 is 5.80. The molecule has 0 aliphatic rings. The molecule has 6 heteroatoms. The topological polar surface area (TPSA) is 66.4 Å². The van der Waals surface area contributed by atoms with Crippen LogP contribution >= 0.6 is 11.6 Å². The van der Waals surface area contributed by atoms with Crippen LogP contribution in [0.15, 0.2) is 17.0 Å². The Morgan fingerprint density at radius 1 is 1.44 bits per heavy atom. The quantitative estimate of drug-likeness (QED) is 0.864. The van der Waals surface area contributed by atoms with Crippen LogP contribution in [-0.2, 0) is 16.6 Å². The third-order valence-electron chi connectivity index (χ3n) is 2.23. The van der Waals surface area contributed by atoms with Crippen LogP contribution in [0, 0.1) is 6.92 Å². The minimum Gasteiger partial charge on any atom is -0.392 e. The van der Waals surface area contributed by atoms with Crippen molar-refractivity contribution < 1.29 is 13.5 Å². The Balaban J connectivity index is 3.39. The molecule has 0 fully saturated rings. The van der Waals surface area contributed by atoms with Crippen LogP contribution in [0.1, 0.15) is 18.1 Å². The maximum atomic E-state index is 11.8. The van der Waals surface area contributed by atoms with Crippen molar-refractivity contribution in [1.82, 2.24) is 4.72 Å². The minimum atomic E-state index is -3.54. The summed E-state index contributed by atoms with van der Waals surface area (Å²) in [6.45, 7) is 3.42. The summed E-state index contributed by atoms with van der Waals surface area (Å²) in [4.78, 5) is 0.117. The first-order chi connectivity index (χ1) is 7.42. The van der Waals surface area contributed by atoms with Crippen molar-refractivity contribution in [2.45, 2.75) is 25.3 Å². The fourth-order valence-corrected chi connectivity index (χ4v) is 3.08. The van der Waals surface area contributed by atoms with Crippen molar-refractivity contribution in [2.24, 2.45) is 0 Å². The summed E-state index contributed by atoms with van der Waals surface area (Å²) in [5, 5.41) is 9.39. The van der Waals surface area contributed by atoms with Gasteiger partial charge in [-0.05, 0) is 30.2 Å². The van der Waals surface area contributed by atoms with Gasteiger partial charge in [0, 0.05) is 11.6 Å². The molecule has 0 heterocycles. The Labute approximate surface area is 100 Å². The fourth-order valence-electron chi connectivity index (χ4n) is 1.42. The maximum absolute atomic E-state index is 11.8. The molecule has 1 rings (SSSR count). The van der Waals surface area contributed by atoms with Crippen molar-refractivity contribution >= 4 is 21.6 Å². The number of sulfonamides is 1. The van der Waals surface area contributed by atoms with E-state index in [-0.39, 0.29) is 11.5 Å². The van der Waals surface area contributed by atoms with E-state index in [9.17, 15) is 8.42 Å². The number of nitrogens with one attached hydrogen (secondary N) is 1. The Morgan fingerprint density at radius 3 is 2.56 bits per heavy atom. The number of benzene rings is 1. The summed E-state index contributed by atoms with van der Waals surface area (Å²) < 4.78 is 26.0. The largest absolute Gasteiger partial charge is 0.392 e. The SMILES string of the molecule is CCNS(=O)(=O)c1cc(Cl)cc(CO)c1C. The minimum absolute atomic E-state index is 0.117. The highest BCUT2D eigenvalue weighted by molar-refractivity contribution is 7.89. The van der Waals surface area contributed by atoms with E-state index < -0.39 is 10.0 Å². The molecular formula is C10H14ClNO3S. The van der Waals surface area contributed by atoms with Gasteiger partial charge in [-0.1, -0.05) is 18.5 Å². The van der Waals surface area contributed by atoms with E-state index in [4.69, 9.17) is 16.7 Å². The van der Waals surface area contributed by atoms with Crippen molar-refractivity contribution in [3.63, 3.8) is 0 Å². The number of hydrogen-bond donors (Lipinski definition) is 2. The van der Waals surface area contributed by atoms with Crippen LogP contribution in [0.5, 0.6) is 0 Å². The lowest BCUT2D eigenvalue weighted by Gasteiger charge is -2.11. The molecular weight excluding hydrogens is 250 g/mol. The Bertz CT molecular complexity index is 485. The van der Waals surface area contributed by atoms with Crippen LogP contribution in [0.2, 0.25) is 5.02 Å². The molecule has 0 aliphatic heterocycles. The maximum Gasteiger partial charge on any atom is 0.240 e. The highest BCUT2D eigenvalue weighted by atomic mass is 35.5. The molecule has 0 spiro atoms. The smallest absolute Gasteiger partial charge is 0.240 e. The molecule has 16 heavy (non-hydrogen) atoms. The number of rotatable bonds is 4. The third-order valence-corrected chi connectivity index (χ3v) is 4.12. The van der Waals surface area contributed by atoms with E-state index in [0.29, 0.717) is 22.7 Å². The molecule has 1 aromatic rings. The van der Waals surface area contributed by atoms with Crippen molar-refractivity contribution in [1.29, 1.82) is 0 Å². The monoisotopic (exact) mass is 263 g/mol. The molecule has 0 saturated heterocycles. The molecule has 0 amide bonds. The molecule has 0 bridgehead atoms. The second kappa shape index (κ2) is 5.14. The molecule has 1 aromatic carbocycles. The Kier molecular flexibility index (Phi) is 4.32. The number of aliphatic hydroxyl groups is 1. The van der Waals surface area contributed by atoms with Gasteiger partial charge in [0.25, 0.3) is 0 Å². The van der Waals surface area contributed by atoms with E-state index in [1.54, 1.807) is 19.9 Å². The molecule has 0 aromatic heterocycles. The Hall–Kier alpha value is -0.620. The molecule has 0 aliphatic carbocycles. The molecule has 2 N–H and O–H groups in total. The summed E-state index contributed by atoms with van der Waals surface area (Å²) in [5.41, 5.74) is 1.04. The zero-order chi connectivity index (χ0) is 12.3. The molecule has 0 radical (unpaired) electrons. The molecule has 0 unspecified atom stereocenters. The van der Waals surface area contributed by atoms with Gasteiger partial charge in [-0.15, -0.1) is 0 Å². The van der Waals surface area contributed by atoms with Gasteiger partial charge < -0.3 is 5.11 Å². The summed E-state index contributed by atoms with van der Waals surface area (Å²) in [6, 6.07) is 2.94. The van der Waals surface area contributed by atoms with Crippen LogP contribution in [0.3, 0.4) is 0 Å². The van der Waals surface area contributed by atoms with Gasteiger partial charge in [0.1, 0.15) is 0 Å². The third kappa shape index (κ3) is 2.74. The molecule has 90 valence electrons. The molecule has 0 saturated carbocycles. The second-order valence-corrected chi connectivity index (χ2v) is 5.52. The lowest BCUT2D eigenvalue weighted by Crippen LogP contribution is -2.24. The highest BCUT2D eigenvalue weighted by Gasteiger charge is 2.18. The van der Waals surface area contributed by atoms with Gasteiger partial charge in [-0.25, -0.2) is 13.1 Å². The average Bonchev–Trinajstić information content (AvgIpc) is 2.20. The normalized spacial score (nSPS) is 11.8. The lowest BCUT2D eigenvalue weighted by atomic mass is 10.1. The van der Waals surface area contributed by atoms with E-state index >= 15 is 0 Å². The first-order valence-electron chi connectivity index (χ1n) is 4.82. The van der Waals surface area contributed by atoms with E-state index in [2.05, 4.69) is 4.72 Å². The van der Waals surface area contributed by atoms with Gasteiger partial charge in [0.2, 0.25) is 10.0 Å². The standard InChI is InChI=1S/C10H14ClNO3S/c1-3-12-16(14,15)10-5-9(11)4-8(6-13)7(10)2/h4-5,12-13H,3,6H2,1-2H3. The molecule has 4 nitrogen and oxygen atoms in total. The van der Waals surface area contributed by atoms with Crippen LogP contribution in [-0.4, -0.2) is 20.1 Å². The average molecular weight is 264 g/mol. The first-order valence-corrected chi connectivity index (χ1v) is 6.68. The van der Waals surface area contributed by atoms with Gasteiger partial charge in [-0.3, -0.25) is 0 Å². The predicted octanol–water partition coefficient (Wildman–Crippen LogP) is 1.44. The second-order valence-electron chi connectivity index (χ2n) is 3.35. The van der Waals surface area contributed by atoms with Crippen molar-refractivity contribution in [3.8, 4) is 0 Å². The number of aliphatic hydroxyl groups excluding tert-OH is 1. The van der Waals surface area contributed by atoms with Gasteiger partial charge in [0.15, 0.2) is 0 Å². The lowest BCUT2D eigenvalue weighted by molar-refractivity contribution is 0.280. The number of halogens is 1. The van der Waals surface area contributed by atoms with Crippen LogP contribution in [0.25, 0.3) is 0 Å². The van der Waals surface area contributed by atoms with Crippen LogP contribution < -0.4 is 4.72 Å². The van der Waals surface area contributed by atoms with Gasteiger partial charge in [-0.2, -0.15) is 0 Å². The number of hydrogen-bond acceptors (Lipinski definition) is 3. The van der Waals surface area contributed by atoms with E-state index in [0.717, 1.165) is 0 Å². The summed E-state index contributed by atoms with van der Waals surface area (Å²) in [7, 11) is -3.54. The van der Waals surface area contributed by atoms with Crippen molar-refractivity contribution in [2.75, 3.05) is 6.54 Å². The first kappa shape index (κ1) is 13.4. The Morgan fingerprint density at radius 2 is 2.06 bits per heavy atom. The molecule has 0 atom stereocenters. The zero-order valence-electron chi connectivity index (χ0n) is 9.12. The predicted molar refractivity (Wildman–Crippen MR) is 63.0 cm³/mol. The summed E-state index contributed by atoms with van der Waals surface area (Å²) in [6.07, 6.45) is 0. The van der Waals surface area contributed by atoms with Gasteiger partial charge >= 0.3 is 0 Å². The fraction of sp³-hybridized carbons (Fsp3) is 0.400. The van der Waals surface area contributed by atoms with Gasteiger partial charge in [0.05, 0.1) is 11.5 Å². The van der Waals surface area contributed by atoms with Crippen LogP contribution in [0.4, 0.5) is 0 Å².